The van der Waals surface area contributed by atoms with E-state index in [1.807, 2.05) is 0 Å². The number of hydrogen-bond donors (Lipinski definition) is 1. The Balaban J connectivity index is 2.10. The van der Waals surface area contributed by atoms with Crippen LogP contribution >= 0.6 is 0 Å². The van der Waals surface area contributed by atoms with Crippen molar-refractivity contribution in [2.75, 3.05) is 0 Å². The van der Waals surface area contributed by atoms with Gasteiger partial charge in [-0.2, -0.15) is 5.21 Å². The summed E-state index contributed by atoms with van der Waals surface area (Å²) in [7, 11) is 0. The molecule has 15 heavy (non-hydrogen) atoms. The van der Waals surface area contributed by atoms with Crippen LogP contribution in [-0.4, -0.2) is 37.3 Å². The SMILES string of the molecule is O=C1CCCCC(=O)N1Cc1nn[nH]n1. The largest absolute Gasteiger partial charge is 0.275 e. The lowest BCUT2D eigenvalue weighted by Crippen LogP contribution is -2.34. The lowest BCUT2D eigenvalue weighted by Gasteiger charge is -2.15. The smallest absolute Gasteiger partial charge is 0.229 e. The molecule has 2 rings (SSSR count). The molecule has 0 aliphatic carbocycles. The Morgan fingerprint density at radius 3 is 2.40 bits per heavy atom. The third-order valence-corrected chi connectivity index (χ3v) is 2.32. The lowest BCUT2D eigenvalue weighted by molar-refractivity contribution is -0.144. The zero-order valence-electron chi connectivity index (χ0n) is 8.14. The van der Waals surface area contributed by atoms with E-state index in [1.54, 1.807) is 0 Å². The van der Waals surface area contributed by atoms with Crippen LogP contribution in [0, 0.1) is 0 Å². The molecule has 1 aliphatic rings. The first-order valence-corrected chi connectivity index (χ1v) is 4.83. The summed E-state index contributed by atoms with van der Waals surface area (Å²) in [6.45, 7) is 0.119. The Bertz CT molecular complexity index is 343. The number of imide groups is 1. The molecule has 1 saturated heterocycles. The highest BCUT2D eigenvalue weighted by atomic mass is 16.2. The molecule has 1 aliphatic heterocycles. The van der Waals surface area contributed by atoms with E-state index in [1.165, 1.54) is 4.90 Å². The van der Waals surface area contributed by atoms with E-state index < -0.39 is 0 Å². The van der Waals surface area contributed by atoms with Crippen molar-refractivity contribution in [3.05, 3.63) is 5.82 Å². The van der Waals surface area contributed by atoms with Gasteiger partial charge in [-0.3, -0.25) is 14.5 Å². The molecular weight excluding hydrogens is 198 g/mol. The molecule has 0 radical (unpaired) electrons. The van der Waals surface area contributed by atoms with Crippen LogP contribution in [0.1, 0.15) is 31.5 Å². The van der Waals surface area contributed by atoms with Gasteiger partial charge >= 0.3 is 0 Å². The number of carbonyl (C=O) groups is 2. The van der Waals surface area contributed by atoms with Crippen LogP contribution < -0.4 is 0 Å². The Morgan fingerprint density at radius 2 is 1.87 bits per heavy atom. The van der Waals surface area contributed by atoms with E-state index in [2.05, 4.69) is 20.6 Å². The number of nitrogens with one attached hydrogen (secondary N) is 1. The second kappa shape index (κ2) is 4.16. The first kappa shape index (κ1) is 9.75. The fourth-order valence-electron chi connectivity index (χ4n) is 1.53. The highest BCUT2D eigenvalue weighted by Crippen LogP contribution is 2.13. The number of rotatable bonds is 2. The van der Waals surface area contributed by atoms with Gasteiger partial charge in [0.2, 0.25) is 11.8 Å². The first-order valence-electron chi connectivity index (χ1n) is 4.83. The number of hydrogen-bond acceptors (Lipinski definition) is 5. The van der Waals surface area contributed by atoms with Crippen LogP contribution in [0.2, 0.25) is 0 Å². The average molecular weight is 209 g/mol. The van der Waals surface area contributed by atoms with E-state index in [-0.39, 0.29) is 18.4 Å². The predicted molar refractivity (Wildman–Crippen MR) is 48.2 cm³/mol. The molecule has 1 N–H and O–H groups in total. The highest BCUT2D eigenvalue weighted by Gasteiger charge is 2.25. The van der Waals surface area contributed by atoms with Gasteiger partial charge in [0, 0.05) is 12.8 Å². The van der Waals surface area contributed by atoms with E-state index in [0.29, 0.717) is 18.7 Å². The Morgan fingerprint density at radius 1 is 1.20 bits per heavy atom. The van der Waals surface area contributed by atoms with Crippen LogP contribution in [0.3, 0.4) is 0 Å². The van der Waals surface area contributed by atoms with Crippen molar-refractivity contribution in [2.45, 2.75) is 32.2 Å². The molecule has 2 heterocycles. The molecule has 0 saturated carbocycles. The summed E-state index contributed by atoms with van der Waals surface area (Å²) in [4.78, 5) is 24.3. The second-order valence-corrected chi connectivity index (χ2v) is 3.41. The minimum Gasteiger partial charge on any atom is -0.275 e. The van der Waals surface area contributed by atoms with Crippen LogP contribution in [0.5, 0.6) is 0 Å². The van der Waals surface area contributed by atoms with Crippen molar-refractivity contribution in [1.82, 2.24) is 25.5 Å². The van der Waals surface area contributed by atoms with Gasteiger partial charge in [-0.25, -0.2) is 0 Å². The minimum atomic E-state index is -0.151. The number of amides is 2. The highest BCUT2D eigenvalue weighted by molar-refractivity contribution is 5.95. The average Bonchev–Trinajstić information content (AvgIpc) is 2.67. The van der Waals surface area contributed by atoms with Gasteiger partial charge in [0.1, 0.15) is 0 Å². The summed E-state index contributed by atoms with van der Waals surface area (Å²) in [6, 6.07) is 0. The topological polar surface area (TPSA) is 91.8 Å². The Labute approximate surface area is 85.8 Å². The lowest BCUT2D eigenvalue weighted by atomic mass is 10.2. The number of tetrazole rings is 1. The number of nitrogens with zero attached hydrogens (tertiary/aromatic N) is 4. The summed E-state index contributed by atoms with van der Waals surface area (Å²) >= 11 is 0. The molecule has 1 aromatic heterocycles. The van der Waals surface area contributed by atoms with Gasteiger partial charge in [-0.1, -0.05) is 5.21 Å². The van der Waals surface area contributed by atoms with Crippen molar-refractivity contribution < 1.29 is 9.59 Å². The fourth-order valence-corrected chi connectivity index (χ4v) is 1.53. The molecule has 1 aromatic rings. The summed E-state index contributed by atoms with van der Waals surface area (Å²) in [5, 5.41) is 13.1. The molecule has 0 aromatic carbocycles. The quantitative estimate of drug-likeness (QED) is 0.671. The monoisotopic (exact) mass is 209 g/mol. The van der Waals surface area contributed by atoms with E-state index in [9.17, 15) is 9.59 Å². The summed E-state index contributed by atoms with van der Waals surface area (Å²) in [6.07, 6.45) is 2.38. The fraction of sp³-hybridized carbons (Fsp3) is 0.625. The third kappa shape index (κ3) is 2.17. The van der Waals surface area contributed by atoms with Crippen LogP contribution in [0.15, 0.2) is 0 Å². The number of aromatic nitrogens is 4. The zero-order valence-corrected chi connectivity index (χ0v) is 8.14. The molecule has 7 nitrogen and oxygen atoms in total. The van der Waals surface area contributed by atoms with Crippen LogP contribution in [-0.2, 0) is 16.1 Å². The van der Waals surface area contributed by atoms with Crippen LogP contribution in [0.4, 0.5) is 0 Å². The summed E-state index contributed by atoms with van der Waals surface area (Å²) in [5.41, 5.74) is 0. The molecule has 2 amide bonds. The molecular formula is C8H11N5O2. The molecule has 7 heteroatoms. The molecule has 0 spiro atoms. The summed E-state index contributed by atoms with van der Waals surface area (Å²) < 4.78 is 0. The number of likely N-dealkylation sites (tertiary alicyclic amines) is 1. The number of H-pyrrole nitrogens is 1. The number of aromatic amines is 1. The normalized spacial score (nSPS) is 18.0. The maximum absolute atomic E-state index is 11.6. The maximum atomic E-state index is 11.6. The second-order valence-electron chi connectivity index (χ2n) is 3.41. The van der Waals surface area contributed by atoms with E-state index in [0.717, 1.165) is 12.8 Å². The maximum Gasteiger partial charge on any atom is 0.229 e. The van der Waals surface area contributed by atoms with Gasteiger partial charge < -0.3 is 0 Å². The zero-order chi connectivity index (χ0) is 10.7. The minimum absolute atomic E-state index is 0.119. The standard InChI is InChI=1S/C8H11N5O2/c14-7-3-1-2-4-8(15)13(7)5-6-9-11-12-10-6/h1-5H2,(H,9,10,11,12). The van der Waals surface area contributed by atoms with E-state index in [4.69, 9.17) is 0 Å². The summed E-state index contributed by atoms with van der Waals surface area (Å²) in [5.74, 6) is 0.0585. The molecule has 0 bridgehead atoms. The van der Waals surface area contributed by atoms with Crippen molar-refractivity contribution in [1.29, 1.82) is 0 Å². The van der Waals surface area contributed by atoms with E-state index >= 15 is 0 Å². The van der Waals surface area contributed by atoms with Crippen molar-refractivity contribution >= 4 is 11.8 Å². The molecule has 1 fully saturated rings. The molecule has 80 valence electrons. The molecule has 0 unspecified atom stereocenters. The predicted octanol–water partition coefficient (Wildman–Crippen LogP) is -0.371. The van der Waals surface area contributed by atoms with Gasteiger partial charge in [0.05, 0.1) is 6.54 Å². The van der Waals surface area contributed by atoms with Crippen molar-refractivity contribution in [3.63, 3.8) is 0 Å². The van der Waals surface area contributed by atoms with Crippen molar-refractivity contribution in [3.8, 4) is 0 Å². The van der Waals surface area contributed by atoms with Gasteiger partial charge in [0.15, 0.2) is 5.82 Å². The Hall–Kier alpha value is -1.79. The molecule has 0 atom stereocenters. The van der Waals surface area contributed by atoms with Crippen LogP contribution in [0.25, 0.3) is 0 Å². The van der Waals surface area contributed by atoms with Gasteiger partial charge in [0.25, 0.3) is 0 Å². The Kier molecular flexibility index (Phi) is 2.70. The third-order valence-electron chi connectivity index (χ3n) is 2.32. The first-order chi connectivity index (χ1) is 7.27. The van der Waals surface area contributed by atoms with Crippen molar-refractivity contribution in [2.24, 2.45) is 0 Å². The number of carbonyl (C=O) groups excluding carboxylic acids is 2. The van der Waals surface area contributed by atoms with Gasteiger partial charge in [-0.05, 0) is 12.8 Å². The van der Waals surface area contributed by atoms with Gasteiger partial charge in [-0.15, -0.1) is 10.2 Å².